The Morgan fingerprint density at radius 1 is 1.33 bits per heavy atom. The number of benzene rings is 1. The summed E-state index contributed by atoms with van der Waals surface area (Å²) in [6, 6.07) is 7.21. The van der Waals surface area contributed by atoms with E-state index in [1.54, 1.807) is 0 Å². The van der Waals surface area contributed by atoms with Crippen molar-refractivity contribution in [2.75, 3.05) is 6.54 Å². The number of hydrogen-bond donors (Lipinski definition) is 1. The maximum Gasteiger partial charge on any atom is 0.0958 e. The van der Waals surface area contributed by atoms with Gasteiger partial charge in [-0.05, 0) is 44.0 Å². The standard InChI is InChI=1S/C15H23N3/c1-4-18-11-17-14-10-13(7-8-15(14)18)6-5-9-16-12(2)3/h7-8,10-12,16H,4-6,9H2,1-3H3. The number of fused-ring (bicyclic) bond motifs is 1. The molecular formula is C15H23N3. The van der Waals surface area contributed by atoms with Crippen LogP contribution in [0, 0.1) is 0 Å². The lowest BCUT2D eigenvalue weighted by Crippen LogP contribution is -2.23. The van der Waals surface area contributed by atoms with Crippen LogP contribution in [0.5, 0.6) is 0 Å². The Labute approximate surface area is 109 Å². The smallest absolute Gasteiger partial charge is 0.0958 e. The van der Waals surface area contributed by atoms with Gasteiger partial charge in [-0.25, -0.2) is 4.98 Å². The zero-order valence-electron chi connectivity index (χ0n) is 11.6. The second-order valence-corrected chi connectivity index (χ2v) is 5.07. The fourth-order valence-corrected chi connectivity index (χ4v) is 2.20. The molecule has 0 amide bonds. The van der Waals surface area contributed by atoms with Crippen LogP contribution < -0.4 is 5.32 Å². The molecule has 0 saturated heterocycles. The Kier molecular flexibility index (Phi) is 4.37. The predicted molar refractivity (Wildman–Crippen MR) is 76.9 cm³/mol. The molecule has 0 radical (unpaired) electrons. The number of nitrogens with zero attached hydrogens (tertiary/aromatic N) is 2. The molecule has 2 aromatic rings. The molecule has 0 unspecified atom stereocenters. The molecular weight excluding hydrogens is 222 g/mol. The minimum atomic E-state index is 0.577. The second kappa shape index (κ2) is 6.01. The quantitative estimate of drug-likeness (QED) is 0.793. The lowest BCUT2D eigenvalue weighted by molar-refractivity contribution is 0.570. The molecule has 0 fully saturated rings. The summed E-state index contributed by atoms with van der Waals surface area (Å²) in [5.41, 5.74) is 3.74. The van der Waals surface area contributed by atoms with Gasteiger partial charge in [-0.2, -0.15) is 0 Å². The normalized spacial score (nSPS) is 11.6. The number of imidazole rings is 1. The number of nitrogens with one attached hydrogen (secondary N) is 1. The van der Waals surface area contributed by atoms with Crippen LogP contribution >= 0.6 is 0 Å². The molecule has 0 aliphatic heterocycles. The first-order chi connectivity index (χ1) is 8.70. The third-order valence-corrected chi connectivity index (χ3v) is 3.22. The van der Waals surface area contributed by atoms with Crippen molar-refractivity contribution in [3.05, 3.63) is 30.1 Å². The maximum atomic E-state index is 4.45. The summed E-state index contributed by atoms with van der Waals surface area (Å²) in [5.74, 6) is 0. The van der Waals surface area contributed by atoms with Crippen LogP contribution in [-0.4, -0.2) is 22.1 Å². The molecule has 0 aliphatic carbocycles. The molecule has 0 atom stereocenters. The van der Waals surface area contributed by atoms with Gasteiger partial charge >= 0.3 is 0 Å². The number of aryl methyl sites for hydroxylation is 2. The van der Waals surface area contributed by atoms with E-state index in [0.29, 0.717) is 6.04 Å². The maximum absolute atomic E-state index is 4.45. The Bertz CT molecular complexity index is 499. The van der Waals surface area contributed by atoms with E-state index in [9.17, 15) is 0 Å². The first-order valence-corrected chi connectivity index (χ1v) is 6.88. The third kappa shape index (κ3) is 3.10. The minimum absolute atomic E-state index is 0.577. The highest BCUT2D eigenvalue weighted by Gasteiger charge is 2.02. The van der Waals surface area contributed by atoms with Crippen molar-refractivity contribution in [1.82, 2.24) is 14.9 Å². The van der Waals surface area contributed by atoms with Gasteiger partial charge in [-0.15, -0.1) is 0 Å². The summed E-state index contributed by atoms with van der Waals surface area (Å²) in [7, 11) is 0. The summed E-state index contributed by atoms with van der Waals surface area (Å²) in [6.07, 6.45) is 4.22. The van der Waals surface area contributed by atoms with Crippen molar-refractivity contribution >= 4 is 11.0 Å². The van der Waals surface area contributed by atoms with E-state index < -0.39 is 0 Å². The van der Waals surface area contributed by atoms with Crippen molar-refractivity contribution in [3.8, 4) is 0 Å². The number of rotatable bonds is 6. The molecule has 1 aromatic carbocycles. The van der Waals surface area contributed by atoms with Gasteiger partial charge in [0.15, 0.2) is 0 Å². The average molecular weight is 245 g/mol. The second-order valence-electron chi connectivity index (χ2n) is 5.07. The first-order valence-electron chi connectivity index (χ1n) is 6.88. The van der Waals surface area contributed by atoms with Gasteiger partial charge in [0.25, 0.3) is 0 Å². The lowest BCUT2D eigenvalue weighted by atomic mass is 10.1. The fraction of sp³-hybridized carbons (Fsp3) is 0.533. The molecule has 98 valence electrons. The third-order valence-electron chi connectivity index (χ3n) is 3.22. The molecule has 18 heavy (non-hydrogen) atoms. The van der Waals surface area contributed by atoms with Crippen LogP contribution in [-0.2, 0) is 13.0 Å². The van der Waals surface area contributed by atoms with Crippen LogP contribution in [0.25, 0.3) is 11.0 Å². The van der Waals surface area contributed by atoms with E-state index in [2.05, 4.69) is 53.8 Å². The summed E-state index contributed by atoms with van der Waals surface area (Å²) < 4.78 is 2.18. The van der Waals surface area contributed by atoms with Crippen molar-refractivity contribution in [3.63, 3.8) is 0 Å². The molecule has 0 bridgehead atoms. The monoisotopic (exact) mass is 245 g/mol. The molecule has 3 heteroatoms. The van der Waals surface area contributed by atoms with E-state index in [0.717, 1.165) is 25.0 Å². The van der Waals surface area contributed by atoms with E-state index in [-0.39, 0.29) is 0 Å². The first kappa shape index (κ1) is 13.1. The van der Waals surface area contributed by atoms with Crippen molar-refractivity contribution < 1.29 is 0 Å². The highest BCUT2D eigenvalue weighted by molar-refractivity contribution is 5.76. The van der Waals surface area contributed by atoms with E-state index >= 15 is 0 Å². The summed E-state index contributed by atoms with van der Waals surface area (Å²) in [5, 5.41) is 3.45. The van der Waals surface area contributed by atoms with E-state index in [1.807, 2.05) is 6.33 Å². The molecule has 2 rings (SSSR count). The van der Waals surface area contributed by atoms with E-state index in [4.69, 9.17) is 0 Å². The lowest BCUT2D eigenvalue weighted by Gasteiger charge is -2.07. The molecule has 1 heterocycles. The highest BCUT2D eigenvalue weighted by Crippen LogP contribution is 2.15. The van der Waals surface area contributed by atoms with Gasteiger partial charge in [-0.3, -0.25) is 0 Å². The van der Waals surface area contributed by atoms with Gasteiger partial charge in [-0.1, -0.05) is 19.9 Å². The molecule has 3 nitrogen and oxygen atoms in total. The van der Waals surface area contributed by atoms with Gasteiger partial charge in [0.05, 0.1) is 17.4 Å². The fourth-order valence-electron chi connectivity index (χ4n) is 2.20. The van der Waals surface area contributed by atoms with Gasteiger partial charge in [0.1, 0.15) is 0 Å². The van der Waals surface area contributed by atoms with Gasteiger partial charge < -0.3 is 9.88 Å². The number of hydrogen-bond acceptors (Lipinski definition) is 2. The van der Waals surface area contributed by atoms with Crippen LogP contribution in [0.3, 0.4) is 0 Å². The molecule has 1 N–H and O–H groups in total. The van der Waals surface area contributed by atoms with Crippen LogP contribution in [0.15, 0.2) is 24.5 Å². The van der Waals surface area contributed by atoms with Crippen LogP contribution in [0.2, 0.25) is 0 Å². The molecule has 1 aromatic heterocycles. The van der Waals surface area contributed by atoms with Gasteiger partial charge in [0, 0.05) is 12.6 Å². The Morgan fingerprint density at radius 3 is 2.89 bits per heavy atom. The van der Waals surface area contributed by atoms with Crippen molar-refractivity contribution in [2.24, 2.45) is 0 Å². The summed E-state index contributed by atoms with van der Waals surface area (Å²) >= 11 is 0. The SMILES string of the molecule is CCn1cnc2cc(CCCNC(C)C)ccc21. The largest absolute Gasteiger partial charge is 0.331 e. The zero-order valence-corrected chi connectivity index (χ0v) is 11.6. The van der Waals surface area contributed by atoms with Gasteiger partial charge in [0.2, 0.25) is 0 Å². The van der Waals surface area contributed by atoms with Crippen LogP contribution in [0.1, 0.15) is 32.8 Å². The van der Waals surface area contributed by atoms with E-state index in [1.165, 1.54) is 17.5 Å². The summed E-state index contributed by atoms with van der Waals surface area (Å²) in [6.45, 7) is 8.58. The molecule has 0 aliphatic rings. The molecule has 0 saturated carbocycles. The zero-order chi connectivity index (χ0) is 13.0. The minimum Gasteiger partial charge on any atom is -0.331 e. The van der Waals surface area contributed by atoms with Crippen molar-refractivity contribution in [2.45, 2.75) is 46.2 Å². The topological polar surface area (TPSA) is 29.9 Å². The summed E-state index contributed by atoms with van der Waals surface area (Å²) in [4.78, 5) is 4.45. The Hall–Kier alpha value is -1.35. The number of aromatic nitrogens is 2. The Morgan fingerprint density at radius 2 is 2.17 bits per heavy atom. The van der Waals surface area contributed by atoms with Crippen molar-refractivity contribution in [1.29, 1.82) is 0 Å². The molecule has 0 spiro atoms. The average Bonchev–Trinajstić information content (AvgIpc) is 2.76. The highest BCUT2D eigenvalue weighted by atomic mass is 15.0. The van der Waals surface area contributed by atoms with Crippen LogP contribution in [0.4, 0.5) is 0 Å². The predicted octanol–water partition coefficient (Wildman–Crippen LogP) is 2.99. The Balaban J connectivity index is 1.98.